The Bertz CT molecular complexity index is 380. The predicted molar refractivity (Wildman–Crippen MR) is 57.8 cm³/mol. The van der Waals surface area contributed by atoms with Gasteiger partial charge in [0.05, 0.1) is 20.3 Å². The van der Waals surface area contributed by atoms with E-state index < -0.39 is 5.23 Å². The van der Waals surface area contributed by atoms with E-state index in [2.05, 4.69) is 0 Å². The fourth-order valence-corrected chi connectivity index (χ4v) is 1.67. The molecule has 88 valence electrons. The monoisotopic (exact) mass is 225 g/mol. The van der Waals surface area contributed by atoms with Gasteiger partial charge in [0.1, 0.15) is 0 Å². The highest BCUT2D eigenvalue weighted by atomic mass is 16.9. The third-order valence-electron chi connectivity index (χ3n) is 2.40. The molecule has 0 aromatic heterocycles. The van der Waals surface area contributed by atoms with Crippen molar-refractivity contribution in [2.75, 3.05) is 20.3 Å². The maximum Gasteiger partial charge on any atom is 0.226 e. The van der Waals surface area contributed by atoms with Crippen molar-refractivity contribution in [3.05, 3.63) is 22.9 Å². The number of hydrogen-bond donors (Lipinski definition) is 1. The molecule has 16 heavy (non-hydrogen) atoms. The molecule has 1 aromatic carbocycles. The number of nitrogens with one attached hydrogen (secondary N) is 1. The van der Waals surface area contributed by atoms with Crippen molar-refractivity contribution in [1.82, 2.24) is 0 Å². The minimum atomic E-state index is -0.398. The first kappa shape index (κ1) is 11.2. The Morgan fingerprint density at radius 1 is 1.31 bits per heavy atom. The zero-order valence-corrected chi connectivity index (χ0v) is 9.41. The number of rotatable bonds is 2. The molecule has 1 heterocycles. The molecule has 0 fully saturated rings. The van der Waals surface area contributed by atoms with E-state index in [1.165, 1.54) is 7.11 Å². The van der Waals surface area contributed by atoms with Crippen molar-refractivity contribution in [3.63, 3.8) is 0 Å². The van der Waals surface area contributed by atoms with E-state index in [-0.39, 0.29) is 0 Å². The number of aryl methyl sites for hydroxylation is 1. The molecular formula is C11H15NO4. The third kappa shape index (κ3) is 2.11. The van der Waals surface area contributed by atoms with Gasteiger partial charge in [0.25, 0.3) is 0 Å². The van der Waals surface area contributed by atoms with Gasteiger partial charge < -0.3 is 14.7 Å². The Morgan fingerprint density at radius 3 is 2.81 bits per heavy atom. The van der Waals surface area contributed by atoms with Crippen molar-refractivity contribution in [3.8, 4) is 11.5 Å². The molecule has 1 atom stereocenters. The van der Waals surface area contributed by atoms with Gasteiger partial charge in [-0.25, -0.2) is 4.84 Å². The van der Waals surface area contributed by atoms with Crippen LogP contribution < -0.4 is 14.7 Å². The van der Waals surface area contributed by atoms with Crippen molar-refractivity contribution < 1.29 is 19.5 Å². The van der Waals surface area contributed by atoms with Gasteiger partial charge in [-0.3, -0.25) is 0 Å². The Kier molecular flexibility index (Phi) is 3.28. The summed E-state index contributed by atoms with van der Waals surface area (Å²) in [5, 5.41) is 11.2. The molecule has 0 spiro atoms. The molecule has 2 rings (SSSR count). The van der Waals surface area contributed by atoms with Crippen LogP contribution in [0.5, 0.6) is 11.5 Å². The van der Waals surface area contributed by atoms with E-state index in [9.17, 15) is 5.21 Å². The minimum Gasteiger partial charge on any atom is -0.595 e. The van der Waals surface area contributed by atoms with Gasteiger partial charge in [0.2, 0.25) is 11.4 Å². The van der Waals surface area contributed by atoms with Crippen LogP contribution in [0.1, 0.15) is 12.0 Å². The zero-order chi connectivity index (χ0) is 11.5. The van der Waals surface area contributed by atoms with Crippen molar-refractivity contribution >= 4 is 5.69 Å². The van der Waals surface area contributed by atoms with E-state index in [1.54, 1.807) is 6.07 Å². The highest BCUT2D eigenvalue weighted by molar-refractivity contribution is 5.57. The van der Waals surface area contributed by atoms with Crippen molar-refractivity contribution in [2.24, 2.45) is 0 Å². The molecule has 0 amide bonds. The van der Waals surface area contributed by atoms with Gasteiger partial charge in [0.15, 0.2) is 5.75 Å². The molecule has 1 aliphatic heterocycles. The lowest BCUT2D eigenvalue weighted by atomic mass is 10.2. The summed E-state index contributed by atoms with van der Waals surface area (Å²) in [6.07, 6.45) is 0.814. The molecule has 1 aliphatic rings. The number of quaternary nitrogens is 1. The van der Waals surface area contributed by atoms with Gasteiger partial charge in [0, 0.05) is 12.5 Å². The standard InChI is InChI=1S/C11H15NO4/c1-8-6-9(12(13)14-2)11-10(7-8)15-4-3-5-16-11/h6-7,12H,3-5H2,1-2H3. The molecule has 1 unspecified atom stereocenters. The van der Waals surface area contributed by atoms with Crippen LogP contribution in [0.4, 0.5) is 5.69 Å². The van der Waals surface area contributed by atoms with E-state index in [1.807, 2.05) is 13.0 Å². The lowest BCUT2D eigenvalue weighted by Gasteiger charge is -2.20. The van der Waals surface area contributed by atoms with Crippen molar-refractivity contribution in [1.29, 1.82) is 0 Å². The molecule has 0 radical (unpaired) electrons. The summed E-state index contributed by atoms with van der Waals surface area (Å²) in [7, 11) is 1.36. The lowest BCUT2D eigenvalue weighted by molar-refractivity contribution is -0.992. The summed E-state index contributed by atoms with van der Waals surface area (Å²) in [5.41, 5.74) is 1.38. The first-order valence-corrected chi connectivity index (χ1v) is 5.21. The SMILES string of the molecule is CO[NH+]([O-])c1cc(C)cc2c1OCCCO2. The summed E-state index contributed by atoms with van der Waals surface area (Å²) < 4.78 is 11.1. The topological polar surface area (TPSA) is 55.2 Å². The van der Waals surface area contributed by atoms with E-state index in [4.69, 9.17) is 14.3 Å². The van der Waals surface area contributed by atoms with Gasteiger partial charge in [-0.15, -0.1) is 0 Å². The van der Waals surface area contributed by atoms with Crippen LogP contribution in [-0.2, 0) is 4.84 Å². The molecule has 0 saturated carbocycles. The van der Waals surface area contributed by atoms with Gasteiger partial charge in [-0.05, 0) is 18.6 Å². The Labute approximate surface area is 94.1 Å². The third-order valence-corrected chi connectivity index (χ3v) is 2.40. The molecule has 0 saturated heterocycles. The average Bonchev–Trinajstić information content (AvgIpc) is 2.51. The van der Waals surface area contributed by atoms with Gasteiger partial charge >= 0.3 is 0 Å². The molecule has 5 nitrogen and oxygen atoms in total. The van der Waals surface area contributed by atoms with Crippen LogP contribution in [0.25, 0.3) is 0 Å². The summed E-state index contributed by atoms with van der Waals surface area (Å²) in [5.74, 6) is 1.12. The number of ether oxygens (including phenoxy) is 2. The maximum absolute atomic E-state index is 11.6. The van der Waals surface area contributed by atoms with Crippen LogP contribution in [0, 0.1) is 12.1 Å². The fraction of sp³-hybridized carbons (Fsp3) is 0.455. The van der Waals surface area contributed by atoms with Crippen LogP contribution >= 0.6 is 0 Å². The number of hydrogen-bond acceptors (Lipinski definition) is 4. The summed E-state index contributed by atoms with van der Waals surface area (Å²) in [4.78, 5) is 4.72. The van der Waals surface area contributed by atoms with E-state index in [0.29, 0.717) is 30.4 Å². The first-order valence-electron chi connectivity index (χ1n) is 5.21. The van der Waals surface area contributed by atoms with Crippen molar-refractivity contribution in [2.45, 2.75) is 13.3 Å². The Balaban J connectivity index is 2.46. The summed E-state index contributed by atoms with van der Waals surface area (Å²) in [6, 6.07) is 3.62. The van der Waals surface area contributed by atoms with Crippen LogP contribution in [0.2, 0.25) is 0 Å². The molecule has 1 N–H and O–H groups in total. The first-order chi connectivity index (χ1) is 7.72. The van der Waals surface area contributed by atoms with E-state index >= 15 is 0 Å². The summed E-state index contributed by atoms with van der Waals surface area (Å²) >= 11 is 0. The van der Waals surface area contributed by atoms with Crippen LogP contribution in [0.3, 0.4) is 0 Å². The lowest BCUT2D eigenvalue weighted by Crippen LogP contribution is -3.00. The minimum absolute atomic E-state index is 0.398. The number of fused-ring (bicyclic) bond motifs is 1. The normalized spacial score (nSPS) is 16.7. The maximum atomic E-state index is 11.6. The molecular weight excluding hydrogens is 210 g/mol. The number of benzene rings is 1. The van der Waals surface area contributed by atoms with Gasteiger partial charge in [-0.1, -0.05) is 0 Å². The second-order valence-corrected chi connectivity index (χ2v) is 3.68. The largest absolute Gasteiger partial charge is 0.595 e. The fourth-order valence-electron chi connectivity index (χ4n) is 1.67. The van der Waals surface area contributed by atoms with Crippen LogP contribution in [0.15, 0.2) is 12.1 Å². The zero-order valence-electron chi connectivity index (χ0n) is 9.41. The average molecular weight is 225 g/mol. The molecule has 1 aromatic rings. The Hall–Kier alpha value is -1.30. The smallest absolute Gasteiger partial charge is 0.226 e. The van der Waals surface area contributed by atoms with Crippen LogP contribution in [-0.4, -0.2) is 20.3 Å². The Morgan fingerprint density at radius 2 is 2.06 bits per heavy atom. The molecule has 0 aliphatic carbocycles. The van der Waals surface area contributed by atoms with E-state index in [0.717, 1.165) is 12.0 Å². The second kappa shape index (κ2) is 4.69. The highest BCUT2D eigenvalue weighted by Gasteiger charge is 2.20. The predicted octanol–water partition coefficient (Wildman–Crippen LogP) is 0.732. The second-order valence-electron chi connectivity index (χ2n) is 3.68. The highest BCUT2D eigenvalue weighted by Crippen LogP contribution is 2.36. The van der Waals surface area contributed by atoms with Gasteiger partial charge in [-0.2, -0.15) is 5.23 Å². The quantitative estimate of drug-likeness (QED) is 0.754. The summed E-state index contributed by atoms with van der Waals surface area (Å²) in [6.45, 7) is 3.07. The molecule has 0 bridgehead atoms. The molecule has 5 heteroatoms.